The van der Waals surface area contributed by atoms with E-state index in [0.717, 1.165) is 0 Å². The fourth-order valence-corrected chi connectivity index (χ4v) is 3.85. The molecule has 27 heavy (non-hydrogen) atoms. The summed E-state index contributed by atoms with van der Waals surface area (Å²) in [6.07, 6.45) is 8.15. The number of fused-ring (bicyclic) bond motifs is 2. The highest BCUT2D eigenvalue weighted by Crippen LogP contribution is 2.41. The molecule has 4 aromatic rings. The van der Waals surface area contributed by atoms with Gasteiger partial charge in [-0.15, -0.1) is 0 Å². The molecule has 0 atom stereocenters. The first-order chi connectivity index (χ1) is 13.3. The summed E-state index contributed by atoms with van der Waals surface area (Å²) in [6.45, 7) is 5.92. The Morgan fingerprint density at radius 1 is 0.704 bits per heavy atom. The minimum absolute atomic E-state index is 1.21. The highest BCUT2D eigenvalue weighted by atomic mass is 14.2. The van der Waals surface area contributed by atoms with Gasteiger partial charge < -0.3 is 0 Å². The van der Waals surface area contributed by atoms with E-state index in [-0.39, 0.29) is 0 Å². The number of benzene rings is 4. The first kappa shape index (κ1) is 17.1. The van der Waals surface area contributed by atoms with Crippen molar-refractivity contribution >= 4 is 27.1 Å². The van der Waals surface area contributed by atoms with Crippen molar-refractivity contribution in [1.82, 2.24) is 0 Å². The van der Waals surface area contributed by atoms with Crippen LogP contribution >= 0.6 is 0 Å². The van der Waals surface area contributed by atoms with Gasteiger partial charge in [0.05, 0.1) is 0 Å². The van der Waals surface area contributed by atoms with E-state index in [2.05, 4.69) is 105 Å². The van der Waals surface area contributed by atoms with Crippen molar-refractivity contribution in [3.63, 3.8) is 0 Å². The molecule has 0 heteroatoms. The molecule has 0 saturated heterocycles. The van der Waals surface area contributed by atoms with Crippen LogP contribution in [-0.4, -0.2) is 0 Å². The lowest BCUT2D eigenvalue weighted by molar-refractivity contribution is 1.64. The van der Waals surface area contributed by atoms with Gasteiger partial charge in [-0.2, -0.15) is 0 Å². The van der Waals surface area contributed by atoms with Crippen LogP contribution in [0.5, 0.6) is 0 Å². The van der Waals surface area contributed by atoms with Gasteiger partial charge in [-0.05, 0) is 50.7 Å². The Labute approximate surface area is 160 Å². The maximum Gasteiger partial charge on any atom is -0.00264 e. The van der Waals surface area contributed by atoms with E-state index in [1.807, 2.05) is 12.2 Å². The Kier molecular flexibility index (Phi) is 4.72. The Bertz CT molecular complexity index is 1120. The van der Waals surface area contributed by atoms with Crippen molar-refractivity contribution in [2.75, 3.05) is 0 Å². The van der Waals surface area contributed by atoms with E-state index in [0.29, 0.717) is 0 Å². The van der Waals surface area contributed by atoms with Gasteiger partial charge in [0.1, 0.15) is 0 Å². The molecular weight excluding hydrogens is 324 g/mol. The highest BCUT2D eigenvalue weighted by molar-refractivity contribution is 6.19. The van der Waals surface area contributed by atoms with Crippen LogP contribution in [0.1, 0.15) is 12.5 Å². The molecule has 0 aromatic heterocycles. The molecule has 4 aromatic carbocycles. The molecule has 0 bridgehead atoms. The zero-order valence-electron chi connectivity index (χ0n) is 15.5. The molecule has 130 valence electrons. The minimum atomic E-state index is 1.21. The van der Waals surface area contributed by atoms with E-state index in [1.165, 1.54) is 43.8 Å². The summed E-state index contributed by atoms with van der Waals surface area (Å²) in [5.41, 5.74) is 5.04. The summed E-state index contributed by atoms with van der Waals surface area (Å²) in [5.74, 6) is 0. The number of hydrogen-bond acceptors (Lipinski definition) is 0. The third kappa shape index (κ3) is 3.00. The van der Waals surface area contributed by atoms with E-state index >= 15 is 0 Å². The van der Waals surface area contributed by atoms with E-state index in [4.69, 9.17) is 0 Å². The van der Waals surface area contributed by atoms with Crippen molar-refractivity contribution in [3.8, 4) is 11.1 Å². The average molecular weight is 346 g/mol. The van der Waals surface area contributed by atoms with Crippen molar-refractivity contribution in [2.24, 2.45) is 0 Å². The molecule has 0 fully saturated rings. The molecule has 0 aliphatic heterocycles. The minimum Gasteiger partial charge on any atom is -0.0991 e. The van der Waals surface area contributed by atoms with Gasteiger partial charge in [0.15, 0.2) is 0 Å². The van der Waals surface area contributed by atoms with Crippen LogP contribution in [0.25, 0.3) is 38.2 Å². The smallest absolute Gasteiger partial charge is 0.00264 e. The monoisotopic (exact) mass is 346 g/mol. The quantitative estimate of drug-likeness (QED) is 0.261. The van der Waals surface area contributed by atoms with Crippen LogP contribution in [0.15, 0.2) is 110 Å². The number of hydrogen-bond donors (Lipinski definition) is 0. The fraction of sp³-hybridized carbons (Fsp3) is 0.0370. The Hall–Kier alpha value is -3.38. The molecule has 0 N–H and O–H groups in total. The van der Waals surface area contributed by atoms with Gasteiger partial charge >= 0.3 is 0 Å². The number of rotatable bonds is 4. The fourth-order valence-electron chi connectivity index (χ4n) is 3.85. The summed E-state index contributed by atoms with van der Waals surface area (Å²) >= 11 is 0. The second-order valence-electron chi connectivity index (χ2n) is 6.55. The van der Waals surface area contributed by atoms with Gasteiger partial charge in [0.2, 0.25) is 0 Å². The maximum atomic E-state index is 3.83. The lowest BCUT2D eigenvalue weighted by Crippen LogP contribution is -1.92. The van der Waals surface area contributed by atoms with Crippen LogP contribution in [0.3, 0.4) is 0 Å². The summed E-state index contributed by atoms with van der Waals surface area (Å²) in [7, 11) is 0. The second-order valence-corrected chi connectivity index (χ2v) is 6.55. The Balaban J connectivity index is 2.21. The normalized spacial score (nSPS) is 12.1. The van der Waals surface area contributed by atoms with Crippen LogP contribution in [-0.2, 0) is 0 Å². The maximum absolute atomic E-state index is 3.83. The van der Waals surface area contributed by atoms with Crippen LogP contribution in [0.4, 0.5) is 0 Å². The first-order valence-corrected chi connectivity index (χ1v) is 9.29. The van der Waals surface area contributed by atoms with Crippen LogP contribution in [0, 0.1) is 0 Å². The Morgan fingerprint density at radius 3 is 1.74 bits per heavy atom. The second kappa shape index (κ2) is 7.47. The average Bonchev–Trinajstić information content (AvgIpc) is 2.74. The van der Waals surface area contributed by atoms with Gasteiger partial charge in [0.25, 0.3) is 0 Å². The third-order valence-electron chi connectivity index (χ3n) is 5.01. The standard InChI is InChI=1S/C27H22/c1-3-5-13-20(4-2)26-22-16-9-11-18-24(22)27(21-14-7-6-8-15-21)25-19-12-10-17-23(25)26/h3-19H,1H2,2H3/b13-5-,20-4+. The largest absolute Gasteiger partial charge is 0.0991 e. The van der Waals surface area contributed by atoms with Gasteiger partial charge in [-0.25, -0.2) is 0 Å². The molecule has 0 amide bonds. The molecule has 0 unspecified atom stereocenters. The predicted octanol–water partition coefficient (Wildman–Crippen LogP) is 7.81. The third-order valence-corrected chi connectivity index (χ3v) is 5.01. The van der Waals surface area contributed by atoms with Crippen LogP contribution < -0.4 is 0 Å². The first-order valence-electron chi connectivity index (χ1n) is 9.29. The van der Waals surface area contributed by atoms with E-state index in [9.17, 15) is 0 Å². The molecule has 0 saturated carbocycles. The molecule has 0 nitrogen and oxygen atoms in total. The molecule has 0 heterocycles. The Morgan fingerprint density at radius 2 is 1.22 bits per heavy atom. The van der Waals surface area contributed by atoms with Crippen LogP contribution in [0.2, 0.25) is 0 Å². The van der Waals surface area contributed by atoms with Gasteiger partial charge in [-0.1, -0.05) is 110 Å². The number of allylic oxidation sites excluding steroid dienone is 5. The zero-order valence-corrected chi connectivity index (χ0v) is 15.5. The molecule has 0 radical (unpaired) electrons. The highest BCUT2D eigenvalue weighted by Gasteiger charge is 2.15. The van der Waals surface area contributed by atoms with Gasteiger partial charge in [0, 0.05) is 0 Å². The summed E-state index contributed by atoms with van der Waals surface area (Å²) in [5, 5.41) is 5.11. The topological polar surface area (TPSA) is 0 Å². The molecule has 0 aliphatic rings. The summed E-state index contributed by atoms with van der Waals surface area (Å²) in [4.78, 5) is 0. The molecule has 0 aliphatic carbocycles. The van der Waals surface area contributed by atoms with Gasteiger partial charge in [-0.3, -0.25) is 0 Å². The molecule has 4 rings (SSSR count). The zero-order chi connectivity index (χ0) is 18.6. The van der Waals surface area contributed by atoms with E-state index in [1.54, 1.807) is 0 Å². The predicted molar refractivity (Wildman–Crippen MR) is 120 cm³/mol. The molecule has 0 spiro atoms. The van der Waals surface area contributed by atoms with Crippen molar-refractivity contribution in [3.05, 3.63) is 115 Å². The summed E-state index contributed by atoms with van der Waals surface area (Å²) in [6, 6.07) is 28.1. The van der Waals surface area contributed by atoms with Crippen molar-refractivity contribution in [2.45, 2.75) is 6.92 Å². The lowest BCUT2D eigenvalue weighted by Gasteiger charge is -2.18. The van der Waals surface area contributed by atoms with Crippen molar-refractivity contribution in [1.29, 1.82) is 0 Å². The SMILES string of the molecule is C=C/C=C\C(=C/C)c1c2ccccc2c(-c2ccccc2)c2ccccc12. The van der Waals surface area contributed by atoms with Crippen molar-refractivity contribution < 1.29 is 0 Å². The van der Waals surface area contributed by atoms with E-state index < -0.39 is 0 Å². The summed E-state index contributed by atoms with van der Waals surface area (Å²) < 4.78 is 0. The molecular formula is C27H22. The lowest BCUT2D eigenvalue weighted by atomic mass is 9.85.